The van der Waals surface area contributed by atoms with Gasteiger partial charge in [-0.2, -0.15) is 0 Å². The number of hydrogen-bond acceptors (Lipinski definition) is 8. The number of carbonyl (C=O) groups excluding carboxylic acids is 2. The molecule has 0 aromatic carbocycles. The first kappa shape index (κ1) is 55.5. The standard InChI is InChI=1S/C48H84NO8P/c1-6-8-10-12-14-16-18-20-21-22-23-24-25-26-27-29-30-32-34-36-38-40-47(50)54-44-46(45-56-58(52,53)55-43-42-49(3,4)5)57-48(51)41-39-37-35-33-31-28-19-17-15-13-11-9-7-2/h9,11,13,15,17,19,24-25,28,31,33,35,46H,6-8,10,12,14,16,18,20-23,26-27,29-30,32,34,36-45H2,1-5H3/b11-9+,15-13+,19-17+,25-24+,31-28+,35-33+. The van der Waals surface area contributed by atoms with Gasteiger partial charge in [0.1, 0.15) is 19.8 Å². The second-order valence-electron chi connectivity index (χ2n) is 16.2. The molecule has 0 bridgehead atoms. The summed E-state index contributed by atoms with van der Waals surface area (Å²) in [6.07, 6.45) is 49.5. The molecule has 2 atom stereocenters. The first-order valence-corrected chi connectivity index (χ1v) is 24.2. The lowest BCUT2D eigenvalue weighted by atomic mass is 10.1. The van der Waals surface area contributed by atoms with Gasteiger partial charge in [0.15, 0.2) is 6.10 Å². The van der Waals surface area contributed by atoms with Crippen LogP contribution in [0.1, 0.15) is 168 Å². The van der Waals surface area contributed by atoms with E-state index >= 15 is 0 Å². The number of unbranched alkanes of at least 4 members (excludes halogenated alkanes) is 18. The summed E-state index contributed by atoms with van der Waals surface area (Å²) < 4.78 is 33.8. The smallest absolute Gasteiger partial charge is 0.306 e. The van der Waals surface area contributed by atoms with E-state index in [1.807, 2.05) is 75.8 Å². The Morgan fingerprint density at radius 2 is 1.02 bits per heavy atom. The highest BCUT2D eigenvalue weighted by Gasteiger charge is 2.21. The molecule has 334 valence electrons. The second-order valence-corrected chi connectivity index (χ2v) is 17.6. The van der Waals surface area contributed by atoms with Gasteiger partial charge >= 0.3 is 11.9 Å². The first-order chi connectivity index (χ1) is 28.0. The minimum atomic E-state index is -4.65. The molecule has 10 heteroatoms. The maximum atomic E-state index is 12.6. The molecule has 0 fully saturated rings. The van der Waals surface area contributed by atoms with E-state index in [1.165, 1.54) is 89.9 Å². The molecule has 0 aliphatic rings. The van der Waals surface area contributed by atoms with Crippen molar-refractivity contribution in [2.75, 3.05) is 47.5 Å². The molecule has 0 N–H and O–H groups in total. The zero-order chi connectivity index (χ0) is 42.8. The third-order valence-electron chi connectivity index (χ3n) is 9.34. The molecule has 0 saturated heterocycles. The zero-order valence-corrected chi connectivity index (χ0v) is 38.4. The molecule has 0 radical (unpaired) electrons. The number of rotatable bonds is 40. The van der Waals surface area contributed by atoms with Gasteiger partial charge in [-0.1, -0.05) is 177 Å². The molecule has 0 aromatic heterocycles. The minimum Gasteiger partial charge on any atom is -0.756 e. The van der Waals surface area contributed by atoms with Crippen LogP contribution in [0.3, 0.4) is 0 Å². The molecule has 58 heavy (non-hydrogen) atoms. The largest absolute Gasteiger partial charge is 0.756 e. The Labute approximate surface area is 355 Å². The summed E-state index contributed by atoms with van der Waals surface area (Å²) in [7, 11) is 1.11. The van der Waals surface area contributed by atoms with Crippen LogP contribution >= 0.6 is 7.82 Å². The topological polar surface area (TPSA) is 111 Å². The van der Waals surface area contributed by atoms with Crippen LogP contribution in [-0.2, 0) is 32.7 Å². The summed E-state index contributed by atoms with van der Waals surface area (Å²) in [5.74, 6) is -0.931. The van der Waals surface area contributed by atoms with Crippen LogP contribution in [0, 0.1) is 0 Å². The predicted octanol–water partition coefficient (Wildman–Crippen LogP) is 12.4. The highest BCUT2D eigenvalue weighted by molar-refractivity contribution is 7.45. The molecule has 0 aromatic rings. The third kappa shape index (κ3) is 43.0. The van der Waals surface area contributed by atoms with Crippen LogP contribution in [0.15, 0.2) is 72.9 Å². The Morgan fingerprint density at radius 3 is 1.55 bits per heavy atom. The summed E-state index contributed by atoms with van der Waals surface area (Å²) in [6.45, 7) is 3.98. The van der Waals surface area contributed by atoms with E-state index in [0.29, 0.717) is 30.3 Å². The van der Waals surface area contributed by atoms with Gasteiger partial charge in [-0.25, -0.2) is 0 Å². The fourth-order valence-corrected chi connectivity index (χ4v) is 6.53. The van der Waals surface area contributed by atoms with Gasteiger partial charge in [0.05, 0.1) is 27.7 Å². The van der Waals surface area contributed by atoms with Crippen LogP contribution in [0.5, 0.6) is 0 Å². The van der Waals surface area contributed by atoms with Crippen LogP contribution in [-0.4, -0.2) is 70.0 Å². The zero-order valence-electron chi connectivity index (χ0n) is 37.5. The Morgan fingerprint density at radius 1 is 0.552 bits per heavy atom. The maximum Gasteiger partial charge on any atom is 0.306 e. The Balaban J connectivity index is 4.36. The van der Waals surface area contributed by atoms with Crippen molar-refractivity contribution >= 4 is 19.8 Å². The molecule has 2 unspecified atom stereocenters. The Hall–Kier alpha value is -2.55. The molecule has 0 spiro atoms. The number of quaternary nitrogens is 1. The van der Waals surface area contributed by atoms with E-state index in [2.05, 4.69) is 32.1 Å². The number of esters is 2. The number of hydrogen-bond donors (Lipinski definition) is 0. The van der Waals surface area contributed by atoms with Gasteiger partial charge in [-0.3, -0.25) is 14.2 Å². The number of likely N-dealkylation sites (N-methyl/N-ethyl adjacent to an activating group) is 1. The van der Waals surface area contributed by atoms with E-state index in [0.717, 1.165) is 32.1 Å². The highest BCUT2D eigenvalue weighted by Crippen LogP contribution is 2.38. The Bertz CT molecular complexity index is 1220. The van der Waals surface area contributed by atoms with Gasteiger partial charge in [0, 0.05) is 12.8 Å². The molecule has 9 nitrogen and oxygen atoms in total. The molecule has 0 heterocycles. The monoisotopic (exact) mass is 834 g/mol. The quantitative estimate of drug-likeness (QED) is 0.0150. The lowest BCUT2D eigenvalue weighted by Gasteiger charge is -2.28. The summed E-state index contributed by atoms with van der Waals surface area (Å²) in [5, 5.41) is 0. The van der Waals surface area contributed by atoms with Crippen molar-refractivity contribution in [1.29, 1.82) is 0 Å². The van der Waals surface area contributed by atoms with Gasteiger partial charge in [0.25, 0.3) is 7.82 Å². The van der Waals surface area contributed by atoms with Crippen LogP contribution in [0.25, 0.3) is 0 Å². The van der Waals surface area contributed by atoms with Crippen molar-refractivity contribution in [2.45, 2.75) is 174 Å². The van der Waals surface area contributed by atoms with Crippen molar-refractivity contribution in [2.24, 2.45) is 0 Å². The molecule has 0 aliphatic heterocycles. The summed E-state index contributed by atoms with van der Waals surface area (Å²) in [5.41, 5.74) is 0. The number of ether oxygens (including phenoxy) is 2. The normalized spacial score (nSPS) is 14.2. The number of allylic oxidation sites excluding steroid dienone is 12. The fraction of sp³-hybridized carbons (Fsp3) is 0.708. The van der Waals surface area contributed by atoms with Crippen molar-refractivity contribution in [3.05, 3.63) is 72.9 Å². The lowest BCUT2D eigenvalue weighted by Crippen LogP contribution is -2.37. The Kier molecular flexibility index (Phi) is 38.1. The number of carbonyl (C=O) groups is 2. The number of phosphoric acid groups is 1. The van der Waals surface area contributed by atoms with Gasteiger partial charge in [-0.05, 0) is 51.4 Å². The fourth-order valence-electron chi connectivity index (χ4n) is 5.80. The van der Waals surface area contributed by atoms with Crippen LogP contribution in [0.2, 0.25) is 0 Å². The van der Waals surface area contributed by atoms with Crippen LogP contribution < -0.4 is 4.89 Å². The lowest BCUT2D eigenvalue weighted by molar-refractivity contribution is -0.870. The minimum absolute atomic E-state index is 0.0484. The predicted molar refractivity (Wildman–Crippen MR) is 240 cm³/mol. The molecule has 0 rings (SSSR count). The molecule has 0 aliphatic carbocycles. The highest BCUT2D eigenvalue weighted by atomic mass is 31.2. The third-order valence-corrected chi connectivity index (χ3v) is 10.3. The molecule has 0 saturated carbocycles. The average Bonchev–Trinajstić information content (AvgIpc) is 3.17. The summed E-state index contributed by atoms with van der Waals surface area (Å²) >= 11 is 0. The second kappa shape index (κ2) is 39.9. The number of phosphoric ester groups is 1. The van der Waals surface area contributed by atoms with E-state index in [4.69, 9.17) is 18.5 Å². The summed E-state index contributed by atoms with van der Waals surface area (Å²) in [6, 6.07) is 0. The van der Waals surface area contributed by atoms with Crippen LogP contribution in [0.4, 0.5) is 0 Å². The SMILES string of the molecule is CC/C=C/C=C/C=C/C=C/C=C/CCCC(=O)OC(COC(=O)CCCCCCCCC/C=C/CCCCCCCCCCCC)COP(=O)([O-])OCC[N+](C)(C)C. The van der Waals surface area contributed by atoms with Crippen molar-refractivity contribution in [3.8, 4) is 0 Å². The number of nitrogens with zero attached hydrogens (tertiary/aromatic N) is 1. The van der Waals surface area contributed by atoms with Crippen molar-refractivity contribution in [1.82, 2.24) is 0 Å². The average molecular weight is 834 g/mol. The van der Waals surface area contributed by atoms with Gasteiger partial charge < -0.3 is 27.9 Å². The van der Waals surface area contributed by atoms with E-state index in [-0.39, 0.29) is 26.1 Å². The van der Waals surface area contributed by atoms with E-state index in [1.54, 1.807) is 0 Å². The molecule has 0 amide bonds. The summed E-state index contributed by atoms with van der Waals surface area (Å²) in [4.78, 5) is 37.5. The van der Waals surface area contributed by atoms with Crippen molar-refractivity contribution in [3.63, 3.8) is 0 Å². The van der Waals surface area contributed by atoms with E-state index in [9.17, 15) is 19.0 Å². The van der Waals surface area contributed by atoms with Gasteiger partial charge in [0.2, 0.25) is 0 Å². The first-order valence-electron chi connectivity index (χ1n) is 22.7. The van der Waals surface area contributed by atoms with Gasteiger partial charge in [-0.15, -0.1) is 0 Å². The molecular weight excluding hydrogens is 750 g/mol. The maximum absolute atomic E-state index is 12.6. The van der Waals surface area contributed by atoms with Crippen molar-refractivity contribution < 1.29 is 42.1 Å². The van der Waals surface area contributed by atoms with E-state index < -0.39 is 32.5 Å². The molecular formula is C48H84NO8P.